The second kappa shape index (κ2) is 8.70. The van der Waals surface area contributed by atoms with Crippen molar-refractivity contribution in [1.29, 1.82) is 0 Å². The zero-order chi connectivity index (χ0) is 16.5. The summed E-state index contributed by atoms with van der Waals surface area (Å²) in [6, 6.07) is 10.8. The normalized spacial score (nSPS) is 10.5. The molecule has 0 bridgehead atoms. The van der Waals surface area contributed by atoms with E-state index in [-0.39, 0.29) is 12.5 Å². The second-order valence-corrected chi connectivity index (χ2v) is 5.40. The highest BCUT2D eigenvalue weighted by atomic mass is 32.1. The first-order chi connectivity index (χ1) is 11.2. The smallest absolute Gasteiger partial charge is 0.261 e. The van der Waals surface area contributed by atoms with Gasteiger partial charge in [-0.3, -0.25) is 9.59 Å². The summed E-state index contributed by atoms with van der Waals surface area (Å²) in [5.74, 6) is 0.118. The molecule has 1 aromatic carbocycles. The summed E-state index contributed by atoms with van der Waals surface area (Å²) < 4.78 is 5.33. The standard InChI is InChI=1S/C16H17N3O3S/c1-2-22-13-7-5-12(6-8-13)10-18-19-15(20)11-17-16(21)14-4-3-9-23-14/h3-10H,2,11H2,1H3,(H,17,21)(H,19,20)/b18-10-. The molecule has 6 nitrogen and oxygen atoms in total. The van der Waals surface area contributed by atoms with Gasteiger partial charge in [-0.15, -0.1) is 11.3 Å². The molecule has 0 aliphatic heterocycles. The van der Waals surface area contributed by atoms with Crippen LogP contribution in [0.4, 0.5) is 0 Å². The van der Waals surface area contributed by atoms with Crippen LogP contribution >= 0.6 is 11.3 Å². The fourth-order valence-electron chi connectivity index (χ4n) is 1.69. The third kappa shape index (κ3) is 5.55. The molecule has 7 heteroatoms. The minimum absolute atomic E-state index is 0.128. The predicted octanol–water partition coefficient (Wildman–Crippen LogP) is 2.03. The second-order valence-electron chi connectivity index (χ2n) is 4.46. The van der Waals surface area contributed by atoms with E-state index < -0.39 is 5.91 Å². The number of ether oxygens (including phenoxy) is 1. The average molecular weight is 331 g/mol. The molecule has 0 radical (unpaired) electrons. The minimum Gasteiger partial charge on any atom is -0.494 e. The third-order valence-electron chi connectivity index (χ3n) is 2.75. The minimum atomic E-state index is -0.392. The van der Waals surface area contributed by atoms with E-state index >= 15 is 0 Å². The number of hydrogen-bond acceptors (Lipinski definition) is 5. The molecule has 23 heavy (non-hydrogen) atoms. The van der Waals surface area contributed by atoms with Crippen molar-refractivity contribution in [3.63, 3.8) is 0 Å². The van der Waals surface area contributed by atoms with E-state index in [4.69, 9.17) is 4.74 Å². The van der Waals surface area contributed by atoms with Crippen LogP contribution < -0.4 is 15.5 Å². The van der Waals surface area contributed by atoms with Gasteiger partial charge in [-0.25, -0.2) is 5.43 Å². The zero-order valence-electron chi connectivity index (χ0n) is 12.6. The van der Waals surface area contributed by atoms with Crippen molar-refractivity contribution in [2.75, 3.05) is 13.2 Å². The van der Waals surface area contributed by atoms with Crippen LogP contribution in [0, 0.1) is 0 Å². The molecular weight excluding hydrogens is 314 g/mol. The van der Waals surface area contributed by atoms with Gasteiger partial charge in [0, 0.05) is 0 Å². The van der Waals surface area contributed by atoms with Gasteiger partial charge in [0.2, 0.25) is 0 Å². The van der Waals surface area contributed by atoms with Crippen molar-refractivity contribution in [1.82, 2.24) is 10.7 Å². The van der Waals surface area contributed by atoms with E-state index in [9.17, 15) is 9.59 Å². The van der Waals surface area contributed by atoms with Crippen LogP contribution in [0.1, 0.15) is 22.2 Å². The number of carbonyl (C=O) groups excluding carboxylic acids is 2. The Labute approximate surface area is 138 Å². The summed E-state index contributed by atoms with van der Waals surface area (Å²) in [4.78, 5) is 23.8. The topological polar surface area (TPSA) is 79.8 Å². The van der Waals surface area contributed by atoms with Gasteiger partial charge in [0.25, 0.3) is 11.8 Å². The molecule has 0 saturated carbocycles. The van der Waals surface area contributed by atoms with Crippen molar-refractivity contribution < 1.29 is 14.3 Å². The van der Waals surface area contributed by atoms with Crippen LogP contribution in [-0.2, 0) is 4.79 Å². The predicted molar refractivity (Wildman–Crippen MR) is 90.0 cm³/mol. The van der Waals surface area contributed by atoms with Crippen molar-refractivity contribution in [2.24, 2.45) is 5.10 Å². The Kier molecular flexibility index (Phi) is 6.31. The number of nitrogens with zero attached hydrogens (tertiary/aromatic N) is 1. The fraction of sp³-hybridized carbons (Fsp3) is 0.188. The van der Waals surface area contributed by atoms with Gasteiger partial charge in [-0.2, -0.15) is 5.10 Å². The van der Waals surface area contributed by atoms with Crippen LogP contribution in [-0.4, -0.2) is 31.2 Å². The molecule has 0 unspecified atom stereocenters. The highest BCUT2D eigenvalue weighted by Gasteiger charge is 2.07. The Morgan fingerprint density at radius 2 is 2.04 bits per heavy atom. The molecule has 2 rings (SSSR count). The number of rotatable bonds is 7. The largest absolute Gasteiger partial charge is 0.494 e. The van der Waals surface area contributed by atoms with Crippen LogP contribution in [0.25, 0.3) is 0 Å². The molecule has 2 amide bonds. The van der Waals surface area contributed by atoms with E-state index in [1.807, 2.05) is 31.2 Å². The number of benzene rings is 1. The van der Waals surface area contributed by atoms with E-state index in [1.165, 1.54) is 17.6 Å². The molecule has 0 atom stereocenters. The molecule has 0 spiro atoms. The Morgan fingerprint density at radius 3 is 2.70 bits per heavy atom. The summed E-state index contributed by atoms with van der Waals surface area (Å²) in [5.41, 5.74) is 3.19. The van der Waals surface area contributed by atoms with E-state index in [2.05, 4.69) is 15.8 Å². The molecular formula is C16H17N3O3S. The third-order valence-corrected chi connectivity index (χ3v) is 3.62. The van der Waals surface area contributed by atoms with Gasteiger partial charge < -0.3 is 10.1 Å². The molecule has 0 saturated heterocycles. The number of amides is 2. The van der Waals surface area contributed by atoms with Gasteiger partial charge in [0.15, 0.2) is 0 Å². The van der Waals surface area contributed by atoms with Gasteiger partial charge in [-0.1, -0.05) is 6.07 Å². The summed E-state index contributed by atoms with van der Waals surface area (Å²) in [6.45, 7) is 2.40. The van der Waals surface area contributed by atoms with Gasteiger partial charge in [0.1, 0.15) is 5.75 Å². The molecule has 0 fully saturated rings. The summed E-state index contributed by atoms with van der Waals surface area (Å²) in [7, 11) is 0. The Morgan fingerprint density at radius 1 is 1.26 bits per heavy atom. The molecule has 1 heterocycles. The molecule has 2 N–H and O–H groups in total. The lowest BCUT2D eigenvalue weighted by atomic mass is 10.2. The van der Waals surface area contributed by atoms with Crippen molar-refractivity contribution >= 4 is 29.4 Å². The van der Waals surface area contributed by atoms with Gasteiger partial charge in [-0.05, 0) is 48.2 Å². The Hall–Kier alpha value is -2.67. The first-order valence-corrected chi connectivity index (χ1v) is 7.93. The number of hydrazone groups is 1. The molecule has 120 valence electrons. The number of nitrogens with one attached hydrogen (secondary N) is 2. The van der Waals surface area contributed by atoms with Crippen LogP contribution in [0.5, 0.6) is 5.75 Å². The Balaban J connectivity index is 1.74. The van der Waals surface area contributed by atoms with Gasteiger partial charge in [0.05, 0.1) is 24.2 Å². The van der Waals surface area contributed by atoms with E-state index in [1.54, 1.807) is 17.5 Å². The average Bonchev–Trinajstić information content (AvgIpc) is 3.09. The van der Waals surface area contributed by atoms with Crippen molar-refractivity contribution in [2.45, 2.75) is 6.92 Å². The SMILES string of the molecule is CCOc1ccc(/C=N\NC(=O)CNC(=O)c2cccs2)cc1. The molecule has 0 aliphatic rings. The van der Waals surface area contributed by atoms with Crippen LogP contribution in [0.15, 0.2) is 46.9 Å². The van der Waals surface area contributed by atoms with Gasteiger partial charge >= 0.3 is 0 Å². The highest BCUT2D eigenvalue weighted by molar-refractivity contribution is 7.12. The lowest BCUT2D eigenvalue weighted by Crippen LogP contribution is -2.34. The maximum atomic E-state index is 11.7. The monoisotopic (exact) mass is 331 g/mol. The van der Waals surface area contributed by atoms with Crippen LogP contribution in [0.3, 0.4) is 0 Å². The van der Waals surface area contributed by atoms with Crippen molar-refractivity contribution in [3.8, 4) is 5.75 Å². The summed E-state index contributed by atoms with van der Waals surface area (Å²) >= 11 is 1.32. The van der Waals surface area contributed by atoms with Crippen LogP contribution in [0.2, 0.25) is 0 Å². The first kappa shape index (κ1) is 16.7. The highest BCUT2D eigenvalue weighted by Crippen LogP contribution is 2.10. The quantitative estimate of drug-likeness (QED) is 0.602. The fourth-order valence-corrected chi connectivity index (χ4v) is 2.33. The lowest BCUT2D eigenvalue weighted by molar-refractivity contribution is -0.120. The molecule has 0 aliphatic carbocycles. The zero-order valence-corrected chi connectivity index (χ0v) is 13.4. The number of thiophene rings is 1. The number of hydrogen-bond donors (Lipinski definition) is 2. The first-order valence-electron chi connectivity index (χ1n) is 7.05. The molecule has 1 aromatic heterocycles. The lowest BCUT2D eigenvalue weighted by Gasteiger charge is -2.03. The maximum absolute atomic E-state index is 11.7. The Bertz CT molecular complexity index is 666. The molecule has 2 aromatic rings. The summed E-state index contributed by atoms with van der Waals surface area (Å²) in [6.07, 6.45) is 1.52. The summed E-state index contributed by atoms with van der Waals surface area (Å²) in [5, 5.41) is 8.17. The van der Waals surface area contributed by atoms with Crippen molar-refractivity contribution in [3.05, 3.63) is 52.2 Å². The maximum Gasteiger partial charge on any atom is 0.261 e. The number of carbonyl (C=O) groups is 2. The van der Waals surface area contributed by atoms with E-state index in [0.29, 0.717) is 11.5 Å². The van der Waals surface area contributed by atoms with E-state index in [0.717, 1.165) is 11.3 Å².